The number of rotatable bonds is 9. The molecule has 0 spiro atoms. The van der Waals surface area contributed by atoms with E-state index in [0.29, 0.717) is 30.2 Å². The molecule has 4 heterocycles. The van der Waals surface area contributed by atoms with Crippen molar-refractivity contribution in [2.45, 2.75) is 78.1 Å². The third kappa shape index (κ3) is 4.71. The summed E-state index contributed by atoms with van der Waals surface area (Å²) in [5.41, 5.74) is 1.06. The predicted octanol–water partition coefficient (Wildman–Crippen LogP) is 3.77. The molecular weight excluding hydrogens is 460 g/mol. The van der Waals surface area contributed by atoms with Gasteiger partial charge in [0, 0.05) is 36.7 Å². The van der Waals surface area contributed by atoms with Gasteiger partial charge in [0.25, 0.3) is 5.56 Å². The number of pyridine rings is 1. The van der Waals surface area contributed by atoms with E-state index in [-0.39, 0.29) is 36.0 Å². The second-order valence-electron chi connectivity index (χ2n) is 10.8. The van der Waals surface area contributed by atoms with Crippen molar-refractivity contribution in [3.8, 4) is 11.5 Å². The zero-order valence-electron chi connectivity index (χ0n) is 21.8. The van der Waals surface area contributed by atoms with Gasteiger partial charge < -0.3 is 19.2 Å². The Balaban J connectivity index is 1.54. The minimum absolute atomic E-state index is 0.0955. The van der Waals surface area contributed by atoms with E-state index >= 15 is 0 Å². The predicted molar refractivity (Wildman–Crippen MR) is 135 cm³/mol. The zero-order valence-corrected chi connectivity index (χ0v) is 21.8. The van der Waals surface area contributed by atoms with E-state index in [0.717, 1.165) is 42.6 Å². The van der Waals surface area contributed by atoms with Crippen LogP contribution in [-0.4, -0.2) is 56.1 Å². The number of nitrogens with zero attached hydrogens (tertiary/aromatic N) is 5. The minimum Gasteiger partial charge on any atom is -0.454 e. The third-order valence-corrected chi connectivity index (χ3v) is 7.47. The molecule has 5 rings (SSSR count). The minimum atomic E-state index is -0.232. The van der Waals surface area contributed by atoms with Crippen molar-refractivity contribution >= 4 is 10.9 Å². The van der Waals surface area contributed by atoms with Gasteiger partial charge in [0.15, 0.2) is 17.3 Å². The molecule has 3 aromatic rings. The molecule has 0 aliphatic carbocycles. The summed E-state index contributed by atoms with van der Waals surface area (Å²) in [6.07, 6.45) is 3.06. The summed E-state index contributed by atoms with van der Waals surface area (Å²) in [6.45, 7) is 12.9. The number of aromatic nitrogens is 5. The molecule has 10 heteroatoms. The van der Waals surface area contributed by atoms with Crippen molar-refractivity contribution < 1.29 is 14.2 Å². The quantitative estimate of drug-likeness (QED) is 0.477. The Morgan fingerprint density at radius 3 is 2.69 bits per heavy atom. The lowest BCUT2D eigenvalue weighted by molar-refractivity contribution is 0.0368. The van der Waals surface area contributed by atoms with Gasteiger partial charge in [0.2, 0.25) is 6.79 Å². The molecule has 10 nitrogen and oxygen atoms in total. The van der Waals surface area contributed by atoms with Crippen LogP contribution in [0.15, 0.2) is 23.0 Å². The van der Waals surface area contributed by atoms with Crippen LogP contribution in [0.3, 0.4) is 0 Å². The molecule has 1 N–H and O–H groups in total. The number of aromatic amines is 1. The largest absolute Gasteiger partial charge is 0.454 e. The second kappa shape index (κ2) is 9.82. The van der Waals surface area contributed by atoms with Gasteiger partial charge in [-0.05, 0) is 61.6 Å². The average molecular weight is 497 g/mol. The van der Waals surface area contributed by atoms with Gasteiger partial charge in [0.05, 0.1) is 23.2 Å². The Bertz CT molecular complexity index is 1280. The van der Waals surface area contributed by atoms with E-state index in [4.69, 9.17) is 14.2 Å². The van der Waals surface area contributed by atoms with Crippen LogP contribution < -0.4 is 15.0 Å². The number of hydrogen-bond acceptors (Lipinski definition) is 8. The van der Waals surface area contributed by atoms with Crippen LogP contribution in [0.4, 0.5) is 0 Å². The Morgan fingerprint density at radius 1 is 1.22 bits per heavy atom. The number of fused-ring (bicyclic) bond motifs is 2. The maximum atomic E-state index is 13.2. The standard InChI is InChI=1S/C26H36N6O4/c1-6-26(4,5)32-24(28-29-30-32)23(16(2)3)31(14-19-8-7-9-34-19)13-18-10-17-11-21-22(36-15-35-21)12-20(17)27-25(18)33/h10-12,16,19,23H,6-9,13-15H2,1-5H3,(H,27,33). The maximum absolute atomic E-state index is 13.2. The molecule has 0 amide bonds. The molecule has 1 aromatic carbocycles. The first-order valence-corrected chi connectivity index (χ1v) is 12.9. The molecule has 2 atom stereocenters. The fourth-order valence-electron chi connectivity index (χ4n) is 5.15. The molecule has 2 aliphatic heterocycles. The fraction of sp³-hybridized carbons (Fsp3) is 0.615. The topological polar surface area (TPSA) is 107 Å². The van der Waals surface area contributed by atoms with Crippen LogP contribution >= 0.6 is 0 Å². The smallest absolute Gasteiger partial charge is 0.252 e. The van der Waals surface area contributed by atoms with Gasteiger partial charge in [-0.2, -0.15) is 0 Å². The summed E-state index contributed by atoms with van der Waals surface area (Å²) >= 11 is 0. The lowest BCUT2D eigenvalue weighted by atomic mass is 9.97. The highest BCUT2D eigenvalue weighted by Gasteiger charge is 2.35. The van der Waals surface area contributed by atoms with Gasteiger partial charge in [-0.25, -0.2) is 4.68 Å². The van der Waals surface area contributed by atoms with Crippen LogP contribution in [-0.2, 0) is 16.8 Å². The first-order valence-electron chi connectivity index (χ1n) is 12.9. The molecule has 1 fully saturated rings. The molecule has 2 aromatic heterocycles. The molecule has 36 heavy (non-hydrogen) atoms. The second-order valence-corrected chi connectivity index (χ2v) is 10.8. The summed E-state index contributed by atoms with van der Waals surface area (Å²) < 4.78 is 19.0. The first kappa shape index (κ1) is 24.7. The van der Waals surface area contributed by atoms with Crippen LogP contribution in [0.2, 0.25) is 0 Å². The highest BCUT2D eigenvalue weighted by Crippen LogP contribution is 2.36. The number of hydrogen-bond donors (Lipinski definition) is 1. The van der Waals surface area contributed by atoms with Crippen LogP contribution in [0.5, 0.6) is 11.5 Å². The molecule has 0 saturated carbocycles. The molecule has 1 saturated heterocycles. The van der Waals surface area contributed by atoms with Gasteiger partial charge in [-0.3, -0.25) is 9.69 Å². The Labute approximate surface area is 210 Å². The summed E-state index contributed by atoms with van der Waals surface area (Å²) in [6, 6.07) is 5.60. The summed E-state index contributed by atoms with van der Waals surface area (Å²) in [4.78, 5) is 18.6. The van der Waals surface area contributed by atoms with E-state index in [1.807, 2.05) is 22.9 Å². The van der Waals surface area contributed by atoms with Crippen molar-refractivity contribution in [2.75, 3.05) is 19.9 Å². The fourth-order valence-corrected chi connectivity index (χ4v) is 5.15. The highest BCUT2D eigenvalue weighted by molar-refractivity contribution is 5.83. The Kier molecular flexibility index (Phi) is 6.74. The van der Waals surface area contributed by atoms with Crippen LogP contribution in [0.25, 0.3) is 10.9 Å². The van der Waals surface area contributed by atoms with Crippen LogP contribution in [0, 0.1) is 5.92 Å². The van der Waals surface area contributed by atoms with E-state index in [1.165, 1.54) is 0 Å². The van der Waals surface area contributed by atoms with Crippen molar-refractivity contribution in [1.82, 2.24) is 30.1 Å². The highest BCUT2D eigenvalue weighted by atomic mass is 16.7. The van der Waals surface area contributed by atoms with Crippen molar-refractivity contribution in [3.05, 3.63) is 39.9 Å². The summed E-state index contributed by atoms with van der Waals surface area (Å²) in [5, 5.41) is 13.9. The molecular formula is C26H36N6O4. The van der Waals surface area contributed by atoms with Crippen molar-refractivity contribution in [2.24, 2.45) is 5.92 Å². The maximum Gasteiger partial charge on any atom is 0.252 e. The molecule has 194 valence electrons. The van der Waals surface area contributed by atoms with Gasteiger partial charge in [-0.1, -0.05) is 20.8 Å². The van der Waals surface area contributed by atoms with Crippen molar-refractivity contribution in [3.63, 3.8) is 0 Å². The Hall–Kier alpha value is -2.98. The van der Waals surface area contributed by atoms with E-state index in [2.05, 4.69) is 60.0 Å². The zero-order chi connectivity index (χ0) is 25.4. The lowest BCUT2D eigenvalue weighted by Crippen LogP contribution is -2.41. The summed E-state index contributed by atoms with van der Waals surface area (Å²) in [7, 11) is 0. The van der Waals surface area contributed by atoms with E-state index < -0.39 is 0 Å². The number of H-pyrrole nitrogens is 1. The number of tetrazole rings is 1. The number of benzene rings is 1. The monoisotopic (exact) mass is 496 g/mol. The summed E-state index contributed by atoms with van der Waals surface area (Å²) in [5.74, 6) is 2.36. The Morgan fingerprint density at radius 2 is 2.00 bits per heavy atom. The molecule has 2 aliphatic rings. The van der Waals surface area contributed by atoms with Crippen LogP contribution in [0.1, 0.15) is 71.3 Å². The van der Waals surface area contributed by atoms with Gasteiger partial charge >= 0.3 is 0 Å². The van der Waals surface area contributed by atoms with Gasteiger partial charge in [0.1, 0.15) is 0 Å². The first-order chi connectivity index (χ1) is 17.3. The average Bonchev–Trinajstić information content (AvgIpc) is 3.60. The van der Waals surface area contributed by atoms with E-state index in [9.17, 15) is 4.79 Å². The molecule has 0 bridgehead atoms. The number of ether oxygens (including phenoxy) is 3. The lowest BCUT2D eigenvalue weighted by Gasteiger charge is -2.36. The van der Waals surface area contributed by atoms with Crippen molar-refractivity contribution in [1.29, 1.82) is 0 Å². The van der Waals surface area contributed by atoms with E-state index in [1.54, 1.807) is 0 Å². The SMILES string of the molecule is CCC(C)(C)n1nnnc1C(C(C)C)N(Cc1cc2cc3c(cc2[nH]c1=O)OCO3)CC1CCCO1. The number of nitrogens with one attached hydrogen (secondary N) is 1. The molecule has 0 radical (unpaired) electrons. The van der Waals surface area contributed by atoms with Gasteiger partial charge in [-0.15, -0.1) is 5.10 Å². The molecule has 2 unspecified atom stereocenters. The normalized spacial score (nSPS) is 18.6. The third-order valence-electron chi connectivity index (χ3n) is 7.47.